The van der Waals surface area contributed by atoms with Crippen molar-refractivity contribution in [3.8, 4) is 0 Å². The van der Waals surface area contributed by atoms with E-state index in [2.05, 4.69) is 37.9 Å². The van der Waals surface area contributed by atoms with E-state index >= 15 is 0 Å². The van der Waals surface area contributed by atoms with Gasteiger partial charge >= 0.3 is 0 Å². The van der Waals surface area contributed by atoms with Gasteiger partial charge in [0.05, 0.1) is 5.75 Å². The molecular weight excluding hydrogens is 284 g/mol. The van der Waals surface area contributed by atoms with Crippen LogP contribution in [0.1, 0.15) is 53.9 Å². The van der Waals surface area contributed by atoms with Gasteiger partial charge in [-0.2, -0.15) is 0 Å². The second-order valence-corrected chi connectivity index (χ2v) is 9.83. The molecular formula is C16H34N2O2S. The van der Waals surface area contributed by atoms with Crippen molar-refractivity contribution >= 4 is 9.84 Å². The molecule has 0 aliphatic carbocycles. The minimum atomic E-state index is -2.83. The summed E-state index contributed by atoms with van der Waals surface area (Å²) in [4.78, 5) is 2.51. The van der Waals surface area contributed by atoms with Crippen molar-refractivity contribution in [2.45, 2.75) is 66.0 Å². The molecule has 4 nitrogen and oxygen atoms in total. The molecule has 126 valence electrons. The molecule has 2 unspecified atom stereocenters. The van der Waals surface area contributed by atoms with Crippen molar-refractivity contribution in [3.05, 3.63) is 0 Å². The van der Waals surface area contributed by atoms with Gasteiger partial charge in [0.25, 0.3) is 0 Å². The van der Waals surface area contributed by atoms with Crippen LogP contribution in [0.3, 0.4) is 0 Å². The third-order valence-corrected chi connectivity index (χ3v) is 6.33. The summed E-state index contributed by atoms with van der Waals surface area (Å²) >= 11 is 0. The number of rotatable bonds is 7. The van der Waals surface area contributed by atoms with Crippen LogP contribution >= 0.6 is 0 Å². The van der Waals surface area contributed by atoms with Crippen molar-refractivity contribution in [3.63, 3.8) is 0 Å². The van der Waals surface area contributed by atoms with E-state index < -0.39 is 9.84 Å². The smallest absolute Gasteiger partial charge is 0.150 e. The number of hydrogen-bond donors (Lipinski definition) is 1. The normalized spacial score (nSPS) is 25.2. The van der Waals surface area contributed by atoms with E-state index in [-0.39, 0.29) is 11.2 Å². The van der Waals surface area contributed by atoms with E-state index in [1.54, 1.807) is 6.92 Å². The van der Waals surface area contributed by atoms with Crippen LogP contribution < -0.4 is 5.32 Å². The Balaban J connectivity index is 2.59. The SMILES string of the molecule is CCCC1CNC(C(C)(C)C)CN1CCCS(=O)(=O)CC. The molecule has 0 aromatic carbocycles. The fourth-order valence-electron chi connectivity index (χ4n) is 2.96. The van der Waals surface area contributed by atoms with Crippen LogP contribution in [0, 0.1) is 5.41 Å². The van der Waals surface area contributed by atoms with Crippen LogP contribution in [0.5, 0.6) is 0 Å². The maximum atomic E-state index is 11.6. The van der Waals surface area contributed by atoms with Crippen molar-refractivity contribution < 1.29 is 8.42 Å². The molecule has 0 saturated carbocycles. The van der Waals surface area contributed by atoms with E-state index in [0.717, 1.165) is 26.1 Å². The van der Waals surface area contributed by atoms with E-state index in [1.807, 2.05) is 0 Å². The molecule has 0 aromatic rings. The Labute approximate surface area is 131 Å². The summed E-state index contributed by atoms with van der Waals surface area (Å²) in [6.45, 7) is 13.7. The highest BCUT2D eigenvalue weighted by Crippen LogP contribution is 2.24. The summed E-state index contributed by atoms with van der Waals surface area (Å²) in [6.07, 6.45) is 3.12. The Morgan fingerprint density at radius 3 is 2.43 bits per heavy atom. The highest BCUT2D eigenvalue weighted by molar-refractivity contribution is 7.91. The second kappa shape index (κ2) is 7.93. The lowest BCUT2D eigenvalue weighted by Gasteiger charge is -2.45. The first-order chi connectivity index (χ1) is 9.69. The summed E-state index contributed by atoms with van der Waals surface area (Å²) in [5, 5.41) is 3.68. The fraction of sp³-hybridized carbons (Fsp3) is 1.00. The highest BCUT2D eigenvalue weighted by Gasteiger charge is 2.33. The van der Waals surface area contributed by atoms with Gasteiger partial charge in [0.1, 0.15) is 9.84 Å². The van der Waals surface area contributed by atoms with Gasteiger partial charge in [-0.05, 0) is 24.8 Å². The van der Waals surface area contributed by atoms with Gasteiger partial charge in [-0.15, -0.1) is 0 Å². The summed E-state index contributed by atoms with van der Waals surface area (Å²) < 4.78 is 23.3. The number of nitrogens with zero attached hydrogens (tertiary/aromatic N) is 1. The molecule has 1 heterocycles. The second-order valence-electron chi connectivity index (χ2n) is 7.35. The quantitative estimate of drug-likeness (QED) is 0.782. The number of hydrogen-bond acceptors (Lipinski definition) is 4. The largest absolute Gasteiger partial charge is 0.311 e. The average Bonchev–Trinajstić information content (AvgIpc) is 2.39. The molecule has 0 spiro atoms. The molecule has 1 N–H and O–H groups in total. The summed E-state index contributed by atoms with van der Waals surface area (Å²) in [5.74, 6) is 0.587. The van der Waals surface area contributed by atoms with Gasteiger partial charge in [0.2, 0.25) is 0 Å². The average molecular weight is 319 g/mol. The lowest BCUT2D eigenvalue weighted by atomic mass is 9.84. The molecule has 1 fully saturated rings. The van der Waals surface area contributed by atoms with Gasteiger partial charge in [0, 0.05) is 30.9 Å². The molecule has 0 aromatic heterocycles. The first-order valence-electron chi connectivity index (χ1n) is 8.37. The summed E-state index contributed by atoms with van der Waals surface area (Å²) in [5.41, 5.74) is 0.241. The third kappa shape index (κ3) is 6.25. The molecule has 1 aliphatic heterocycles. The molecule has 0 bridgehead atoms. The zero-order valence-corrected chi connectivity index (χ0v) is 15.3. The summed E-state index contributed by atoms with van der Waals surface area (Å²) in [6, 6.07) is 1.03. The van der Waals surface area contributed by atoms with Crippen LogP contribution in [0.4, 0.5) is 0 Å². The number of piperazine rings is 1. The number of nitrogens with one attached hydrogen (secondary N) is 1. The Hall–Kier alpha value is -0.130. The van der Waals surface area contributed by atoms with Crippen molar-refractivity contribution in [2.75, 3.05) is 31.1 Å². The van der Waals surface area contributed by atoms with Gasteiger partial charge in [-0.25, -0.2) is 8.42 Å². The van der Waals surface area contributed by atoms with Crippen molar-refractivity contribution in [2.24, 2.45) is 5.41 Å². The molecule has 2 atom stereocenters. The maximum Gasteiger partial charge on any atom is 0.150 e. The molecule has 0 amide bonds. The number of sulfone groups is 1. The topological polar surface area (TPSA) is 49.4 Å². The van der Waals surface area contributed by atoms with Gasteiger partial charge in [0.15, 0.2) is 0 Å². The van der Waals surface area contributed by atoms with Gasteiger partial charge < -0.3 is 5.32 Å². The Morgan fingerprint density at radius 1 is 1.24 bits per heavy atom. The highest BCUT2D eigenvalue weighted by atomic mass is 32.2. The fourth-order valence-corrected chi connectivity index (χ4v) is 3.82. The van der Waals surface area contributed by atoms with Gasteiger partial charge in [-0.1, -0.05) is 41.0 Å². The molecule has 21 heavy (non-hydrogen) atoms. The standard InChI is InChI=1S/C16H34N2O2S/c1-6-9-14-12-17-15(16(3,4)5)13-18(14)10-8-11-21(19,20)7-2/h14-15,17H,6-13H2,1-5H3. The van der Waals surface area contributed by atoms with Crippen LogP contribution in [0.15, 0.2) is 0 Å². The zero-order valence-electron chi connectivity index (χ0n) is 14.5. The minimum absolute atomic E-state index is 0.241. The van der Waals surface area contributed by atoms with Crippen LogP contribution in [0.2, 0.25) is 0 Å². The van der Waals surface area contributed by atoms with E-state index in [9.17, 15) is 8.42 Å². The first kappa shape index (κ1) is 18.9. The lowest BCUT2D eigenvalue weighted by Crippen LogP contribution is -2.60. The zero-order chi connectivity index (χ0) is 16.1. The van der Waals surface area contributed by atoms with Crippen molar-refractivity contribution in [1.82, 2.24) is 10.2 Å². The summed E-state index contributed by atoms with van der Waals surface area (Å²) in [7, 11) is -2.83. The molecule has 1 saturated heterocycles. The van der Waals surface area contributed by atoms with Crippen molar-refractivity contribution in [1.29, 1.82) is 0 Å². The molecule has 5 heteroatoms. The molecule has 1 aliphatic rings. The van der Waals surface area contributed by atoms with Crippen LogP contribution in [-0.2, 0) is 9.84 Å². The van der Waals surface area contributed by atoms with Crippen LogP contribution in [0.25, 0.3) is 0 Å². The Kier molecular flexibility index (Phi) is 7.14. The monoisotopic (exact) mass is 318 g/mol. The van der Waals surface area contributed by atoms with Gasteiger partial charge in [-0.3, -0.25) is 4.90 Å². The molecule has 0 radical (unpaired) electrons. The lowest BCUT2D eigenvalue weighted by molar-refractivity contribution is 0.0812. The van der Waals surface area contributed by atoms with E-state index in [4.69, 9.17) is 0 Å². The Morgan fingerprint density at radius 2 is 1.90 bits per heavy atom. The van der Waals surface area contributed by atoms with Crippen LogP contribution in [-0.4, -0.2) is 56.5 Å². The van der Waals surface area contributed by atoms with E-state index in [0.29, 0.717) is 17.8 Å². The Bertz CT molecular complexity index is 401. The predicted molar refractivity (Wildman–Crippen MR) is 90.5 cm³/mol. The minimum Gasteiger partial charge on any atom is -0.311 e. The van der Waals surface area contributed by atoms with E-state index in [1.165, 1.54) is 12.8 Å². The third-order valence-electron chi connectivity index (χ3n) is 4.54. The maximum absolute atomic E-state index is 11.6. The molecule has 1 rings (SSSR count). The first-order valence-corrected chi connectivity index (χ1v) is 10.2. The predicted octanol–water partition coefficient (Wildman–Crippen LogP) is 2.30.